The lowest BCUT2D eigenvalue weighted by atomic mass is 10.1. The largest absolute Gasteiger partial charge is 0.423 e. The van der Waals surface area contributed by atoms with E-state index in [2.05, 4.69) is 0 Å². The number of aryl methyl sites for hydroxylation is 1. The Bertz CT molecular complexity index is 706. The average molecular weight is 199 g/mol. The van der Waals surface area contributed by atoms with Crippen molar-refractivity contribution in [1.82, 2.24) is 4.57 Å². The summed E-state index contributed by atoms with van der Waals surface area (Å²) in [4.78, 5) is 11.1. The Kier molecular flexibility index (Phi) is 1.51. The molecule has 0 fully saturated rings. The van der Waals surface area contributed by atoms with Crippen molar-refractivity contribution in [2.24, 2.45) is 7.05 Å². The molecule has 2 aromatic heterocycles. The highest BCUT2D eigenvalue weighted by atomic mass is 16.4. The fourth-order valence-corrected chi connectivity index (χ4v) is 1.91. The van der Waals surface area contributed by atoms with Crippen LogP contribution in [0.1, 0.15) is 0 Å². The third-order valence-corrected chi connectivity index (χ3v) is 2.67. The smallest absolute Gasteiger partial charge is 0.336 e. The minimum atomic E-state index is -0.308. The summed E-state index contributed by atoms with van der Waals surface area (Å²) in [5.74, 6) is 0. The Morgan fingerprint density at radius 3 is 2.80 bits per heavy atom. The van der Waals surface area contributed by atoms with Crippen LogP contribution < -0.4 is 5.63 Å². The van der Waals surface area contributed by atoms with Crippen LogP contribution in [0, 0.1) is 0 Å². The summed E-state index contributed by atoms with van der Waals surface area (Å²) in [5.41, 5.74) is 1.47. The van der Waals surface area contributed by atoms with Crippen LogP contribution in [0.25, 0.3) is 21.9 Å². The molecule has 0 bridgehead atoms. The van der Waals surface area contributed by atoms with Crippen molar-refractivity contribution in [3.05, 3.63) is 46.9 Å². The van der Waals surface area contributed by atoms with Crippen LogP contribution in [0.3, 0.4) is 0 Å². The fraction of sp³-hybridized carbons (Fsp3) is 0.0833. The highest BCUT2D eigenvalue weighted by molar-refractivity contribution is 6.04. The highest BCUT2D eigenvalue weighted by Crippen LogP contribution is 2.24. The molecular weight excluding hydrogens is 190 g/mol. The molecule has 0 aliphatic heterocycles. The van der Waals surface area contributed by atoms with Crippen LogP contribution in [0.5, 0.6) is 0 Å². The van der Waals surface area contributed by atoms with Gasteiger partial charge in [-0.15, -0.1) is 0 Å². The maximum atomic E-state index is 11.1. The SMILES string of the molecule is Cn1ccc2c3ccc(=O)oc3ccc21. The van der Waals surface area contributed by atoms with Crippen molar-refractivity contribution in [2.75, 3.05) is 0 Å². The van der Waals surface area contributed by atoms with E-state index in [1.807, 2.05) is 42.1 Å². The predicted molar refractivity (Wildman–Crippen MR) is 59.0 cm³/mol. The molecular formula is C12H9NO2. The Morgan fingerprint density at radius 2 is 1.93 bits per heavy atom. The maximum Gasteiger partial charge on any atom is 0.336 e. The van der Waals surface area contributed by atoms with Gasteiger partial charge in [0.25, 0.3) is 0 Å². The molecule has 3 rings (SSSR count). The third kappa shape index (κ3) is 1.09. The van der Waals surface area contributed by atoms with Gasteiger partial charge >= 0.3 is 5.63 Å². The number of aromatic nitrogens is 1. The van der Waals surface area contributed by atoms with Crippen LogP contribution in [-0.4, -0.2) is 4.57 Å². The van der Waals surface area contributed by atoms with E-state index in [0.717, 1.165) is 16.3 Å². The van der Waals surface area contributed by atoms with Crippen LogP contribution in [-0.2, 0) is 7.05 Å². The van der Waals surface area contributed by atoms with E-state index in [0.29, 0.717) is 5.58 Å². The van der Waals surface area contributed by atoms with Gasteiger partial charge < -0.3 is 8.98 Å². The van der Waals surface area contributed by atoms with Crippen molar-refractivity contribution >= 4 is 21.9 Å². The normalized spacial score (nSPS) is 11.3. The molecule has 2 heterocycles. The third-order valence-electron chi connectivity index (χ3n) is 2.67. The van der Waals surface area contributed by atoms with Crippen LogP contribution in [0.4, 0.5) is 0 Å². The van der Waals surface area contributed by atoms with Crippen molar-refractivity contribution in [1.29, 1.82) is 0 Å². The van der Waals surface area contributed by atoms with Crippen molar-refractivity contribution in [3.63, 3.8) is 0 Å². The number of rotatable bonds is 0. The molecule has 0 spiro atoms. The number of hydrogen-bond donors (Lipinski definition) is 0. The molecule has 1 aromatic carbocycles. The second kappa shape index (κ2) is 2.73. The zero-order valence-electron chi connectivity index (χ0n) is 8.23. The van der Waals surface area contributed by atoms with Crippen molar-refractivity contribution in [3.8, 4) is 0 Å². The van der Waals surface area contributed by atoms with E-state index in [9.17, 15) is 4.79 Å². The summed E-state index contributed by atoms with van der Waals surface area (Å²) >= 11 is 0. The molecule has 0 N–H and O–H groups in total. The summed E-state index contributed by atoms with van der Waals surface area (Å²) in [6.07, 6.45) is 2.00. The zero-order valence-corrected chi connectivity index (χ0v) is 8.23. The average Bonchev–Trinajstić information content (AvgIpc) is 2.60. The van der Waals surface area contributed by atoms with Gasteiger partial charge in [-0.2, -0.15) is 0 Å². The first-order valence-corrected chi connectivity index (χ1v) is 4.73. The molecule has 0 saturated carbocycles. The molecule has 15 heavy (non-hydrogen) atoms. The fourth-order valence-electron chi connectivity index (χ4n) is 1.91. The Balaban J connectivity index is 2.60. The lowest BCUT2D eigenvalue weighted by molar-refractivity contribution is 0.561. The van der Waals surface area contributed by atoms with Gasteiger partial charge in [-0.25, -0.2) is 4.79 Å². The quantitative estimate of drug-likeness (QED) is 0.520. The lowest BCUT2D eigenvalue weighted by Crippen LogP contribution is -1.94. The molecule has 3 heteroatoms. The first-order valence-electron chi connectivity index (χ1n) is 4.73. The summed E-state index contributed by atoms with van der Waals surface area (Å²) in [7, 11) is 1.99. The van der Waals surface area contributed by atoms with Crippen molar-refractivity contribution < 1.29 is 4.42 Å². The molecule has 0 radical (unpaired) electrons. The van der Waals surface area contributed by atoms with Gasteiger partial charge in [-0.3, -0.25) is 0 Å². The van der Waals surface area contributed by atoms with Gasteiger partial charge in [-0.1, -0.05) is 0 Å². The van der Waals surface area contributed by atoms with E-state index in [4.69, 9.17) is 4.42 Å². The topological polar surface area (TPSA) is 35.1 Å². The number of nitrogens with zero attached hydrogens (tertiary/aromatic N) is 1. The molecule has 3 nitrogen and oxygen atoms in total. The Morgan fingerprint density at radius 1 is 1.07 bits per heavy atom. The predicted octanol–water partition coefficient (Wildman–Crippen LogP) is 2.28. The molecule has 0 atom stereocenters. The summed E-state index contributed by atoms with van der Waals surface area (Å²) in [6.45, 7) is 0. The number of hydrogen-bond acceptors (Lipinski definition) is 2. The second-order valence-electron chi connectivity index (χ2n) is 3.59. The van der Waals surface area contributed by atoms with Gasteiger partial charge in [0.15, 0.2) is 0 Å². The second-order valence-corrected chi connectivity index (χ2v) is 3.59. The van der Waals surface area contributed by atoms with E-state index >= 15 is 0 Å². The molecule has 0 aliphatic rings. The van der Waals surface area contributed by atoms with Gasteiger partial charge in [0.2, 0.25) is 0 Å². The molecule has 74 valence electrons. The number of benzene rings is 1. The summed E-state index contributed by atoms with van der Waals surface area (Å²) in [6, 6.07) is 9.08. The first-order chi connectivity index (χ1) is 7.25. The van der Waals surface area contributed by atoms with E-state index < -0.39 is 0 Å². The zero-order chi connectivity index (χ0) is 10.4. The minimum absolute atomic E-state index is 0.308. The molecule has 0 unspecified atom stereocenters. The number of fused-ring (bicyclic) bond motifs is 3. The minimum Gasteiger partial charge on any atom is -0.423 e. The molecule has 0 aliphatic carbocycles. The van der Waals surface area contributed by atoms with E-state index in [1.54, 1.807) is 0 Å². The maximum absolute atomic E-state index is 11.1. The molecule has 3 aromatic rings. The Hall–Kier alpha value is -2.03. The summed E-state index contributed by atoms with van der Waals surface area (Å²) in [5, 5.41) is 2.09. The van der Waals surface area contributed by atoms with Crippen LogP contribution in [0.2, 0.25) is 0 Å². The highest BCUT2D eigenvalue weighted by Gasteiger charge is 2.04. The first kappa shape index (κ1) is 8.29. The van der Waals surface area contributed by atoms with Crippen molar-refractivity contribution in [2.45, 2.75) is 0 Å². The van der Waals surface area contributed by atoms with Gasteiger partial charge in [0.1, 0.15) is 5.58 Å². The van der Waals surface area contributed by atoms with Crippen LogP contribution in [0.15, 0.2) is 45.7 Å². The summed E-state index contributed by atoms with van der Waals surface area (Å²) < 4.78 is 7.16. The monoisotopic (exact) mass is 199 g/mol. The van der Waals surface area contributed by atoms with Crippen LogP contribution >= 0.6 is 0 Å². The van der Waals surface area contributed by atoms with Gasteiger partial charge in [0, 0.05) is 35.6 Å². The molecule has 0 amide bonds. The van der Waals surface area contributed by atoms with E-state index in [1.165, 1.54) is 6.07 Å². The lowest BCUT2D eigenvalue weighted by Gasteiger charge is -1.99. The van der Waals surface area contributed by atoms with Gasteiger partial charge in [0.05, 0.1) is 0 Å². The van der Waals surface area contributed by atoms with E-state index in [-0.39, 0.29) is 5.63 Å². The Labute approximate surface area is 85.5 Å². The van der Waals surface area contributed by atoms with Gasteiger partial charge in [-0.05, 0) is 24.3 Å². The standard InChI is InChI=1S/C12H9NO2/c1-13-7-6-8-9-2-5-12(14)15-11(9)4-3-10(8)13/h2-7H,1H3. The molecule has 0 saturated heterocycles.